The molecule has 31 heavy (non-hydrogen) atoms. The summed E-state index contributed by atoms with van der Waals surface area (Å²) in [6.45, 7) is 0. The van der Waals surface area contributed by atoms with Gasteiger partial charge in [-0.15, -0.1) is 0 Å². The molecule has 0 fully saturated rings. The minimum absolute atomic E-state index is 0.127. The first-order chi connectivity index (χ1) is 15.2. The molecule has 0 unspecified atom stereocenters. The molecule has 0 aliphatic heterocycles. The van der Waals surface area contributed by atoms with Crippen molar-refractivity contribution < 1.29 is 4.92 Å². The maximum Gasteiger partial charge on any atom is 0.333 e. The van der Waals surface area contributed by atoms with Crippen molar-refractivity contribution in [1.29, 1.82) is 0 Å². The molecule has 0 aliphatic carbocycles. The Labute approximate surface area is 185 Å². The molecule has 5 aromatic rings. The summed E-state index contributed by atoms with van der Waals surface area (Å²) in [5, 5.41) is 14.5. The van der Waals surface area contributed by atoms with E-state index in [-0.39, 0.29) is 15.7 Å². The normalized spacial score (nSPS) is 11.1. The largest absolute Gasteiger partial charge is 0.333 e. The molecule has 150 valence electrons. The van der Waals surface area contributed by atoms with E-state index in [1.54, 1.807) is 12.4 Å². The summed E-state index contributed by atoms with van der Waals surface area (Å²) in [6.07, 6.45) is 4.76. The number of fused-ring (bicyclic) bond motifs is 2. The van der Waals surface area contributed by atoms with Crippen molar-refractivity contribution in [3.05, 3.63) is 89.5 Å². The number of hydrogen-bond donors (Lipinski definition) is 0. The maximum atomic E-state index is 12.0. The van der Waals surface area contributed by atoms with Crippen LogP contribution in [0.25, 0.3) is 21.8 Å². The molecule has 7 nitrogen and oxygen atoms in total. The zero-order valence-electron chi connectivity index (χ0n) is 15.9. The summed E-state index contributed by atoms with van der Waals surface area (Å²) in [4.78, 5) is 30.5. The van der Waals surface area contributed by atoms with Crippen LogP contribution in [-0.4, -0.2) is 24.9 Å². The van der Waals surface area contributed by atoms with Crippen LogP contribution in [0.15, 0.2) is 99.2 Å². The number of hydrogen-bond acceptors (Lipinski definition) is 8. The van der Waals surface area contributed by atoms with Crippen molar-refractivity contribution in [3.63, 3.8) is 0 Å². The van der Waals surface area contributed by atoms with E-state index in [2.05, 4.69) is 19.9 Å². The molecular formula is C22H13N5O2S2. The molecule has 0 radical (unpaired) electrons. The molecule has 3 heterocycles. The molecule has 0 saturated heterocycles. The Kier molecular flexibility index (Phi) is 5.19. The van der Waals surface area contributed by atoms with Crippen LogP contribution in [0.1, 0.15) is 0 Å². The second-order valence-corrected chi connectivity index (χ2v) is 8.52. The van der Waals surface area contributed by atoms with Crippen molar-refractivity contribution in [2.45, 2.75) is 19.8 Å². The Balaban J connectivity index is 1.59. The molecule has 0 amide bonds. The van der Waals surface area contributed by atoms with Gasteiger partial charge < -0.3 is 0 Å². The van der Waals surface area contributed by atoms with Gasteiger partial charge in [-0.2, -0.15) is 0 Å². The number of nitro groups is 1. The second kappa shape index (κ2) is 8.29. The van der Waals surface area contributed by atoms with Gasteiger partial charge in [0.15, 0.2) is 10.1 Å². The summed E-state index contributed by atoms with van der Waals surface area (Å²) in [7, 11) is 0. The molecule has 3 aromatic heterocycles. The fourth-order valence-electron chi connectivity index (χ4n) is 3.18. The molecule has 0 bridgehead atoms. The molecule has 9 heteroatoms. The molecule has 0 N–H and O–H groups in total. The third-order valence-corrected chi connectivity index (χ3v) is 6.63. The highest BCUT2D eigenvalue weighted by atomic mass is 32.2. The fourth-order valence-corrected chi connectivity index (χ4v) is 5.22. The zero-order chi connectivity index (χ0) is 21.2. The first-order valence-corrected chi connectivity index (χ1v) is 10.9. The van der Waals surface area contributed by atoms with E-state index in [1.165, 1.54) is 29.9 Å². The average Bonchev–Trinajstić information content (AvgIpc) is 2.79. The minimum atomic E-state index is -0.429. The summed E-state index contributed by atoms with van der Waals surface area (Å²) >= 11 is 2.43. The number of benzene rings is 2. The monoisotopic (exact) mass is 443 g/mol. The van der Waals surface area contributed by atoms with Crippen LogP contribution in [0, 0.1) is 10.1 Å². The highest BCUT2D eigenvalue weighted by Gasteiger charge is 2.25. The summed E-state index contributed by atoms with van der Waals surface area (Å²) in [6, 6.07) is 19.1. The van der Waals surface area contributed by atoms with E-state index in [9.17, 15) is 10.1 Å². The van der Waals surface area contributed by atoms with Crippen LogP contribution < -0.4 is 0 Å². The lowest BCUT2D eigenvalue weighted by Crippen LogP contribution is -1.99. The van der Waals surface area contributed by atoms with Gasteiger partial charge in [-0.25, -0.2) is 9.97 Å². The van der Waals surface area contributed by atoms with Gasteiger partial charge in [-0.1, -0.05) is 59.9 Å². The summed E-state index contributed by atoms with van der Waals surface area (Å²) in [5.74, 6) is 0. The predicted octanol–water partition coefficient (Wildman–Crippen LogP) is 5.78. The molecule has 0 atom stereocenters. The highest BCUT2D eigenvalue weighted by Crippen LogP contribution is 2.42. The molecule has 0 aliphatic rings. The van der Waals surface area contributed by atoms with E-state index in [0.717, 1.165) is 31.6 Å². The van der Waals surface area contributed by atoms with Gasteiger partial charge in [-0.3, -0.25) is 20.1 Å². The first kappa shape index (κ1) is 19.4. The lowest BCUT2D eigenvalue weighted by Gasteiger charge is -2.08. The Morgan fingerprint density at radius 3 is 1.65 bits per heavy atom. The van der Waals surface area contributed by atoms with Gasteiger partial charge in [-0.05, 0) is 24.3 Å². The lowest BCUT2D eigenvalue weighted by atomic mass is 10.2. The fraction of sp³-hybridized carbons (Fsp3) is 0. The van der Waals surface area contributed by atoms with Crippen LogP contribution in [0.3, 0.4) is 0 Å². The number of para-hydroxylation sites is 2. The smallest absolute Gasteiger partial charge is 0.258 e. The van der Waals surface area contributed by atoms with Crippen LogP contribution in [0.4, 0.5) is 5.69 Å². The maximum absolute atomic E-state index is 12.0. The zero-order valence-corrected chi connectivity index (χ0v) is 17.5. The minimum Gasteiger partial charge on any atom is -0.258 e. The molecule has 2 aromatic carbocycles. The van der Waals surface area contributed by atoms with Gasteiger partial charge in [0, 0.05) is 33.0 Å². The van der Waals surface area contributed by atoms with Gasteiger partial charge in [0.1, 0.15) is 6.33 Å². The van der Waals surface area contributed by atoms with Gasteiger partial charge in [0.25, 0.3) is 0 Å². The molecule has 5 rings (SSSR count). The molecular weight excluding hydrogens is 430 g/mol. The number of aromatic nitrogens is 4. The van der Waals surface area contributed by atoms with Crippen molar-refractivity contribution >= 4 is 51.0 Å². The Morgan fingerprint density at radius 2 is 1.16 bits per heavy atom. The standard InChI is InChI=1S/C22H13N5O2S2/c28-27(29)20-21(30-16-9-1-5-14-7-3-11-23-18(14)16)25-13-26-22(20)31-17-10-2-6-15-8-4-12-24-19(15)17/h1-13H. The SMILES string of the molecule is O=[N+]([O-])c1c(Sc2cccc3cccnc23)ncnc1Sc1cccc2cccnc12. The quantitative estimate of drug-likeness (QED) is 0.192. The number of pyridine rings is 2. The predicted molar refractivity (Wildman–Crippen MR) is 120 cm³/mol. The summed E-state index contributed by atoms with van der Waals surface area (Å²) < 4.78 is 0. The van der Waals surface area contributed by atoms with Gasteiger partial charge in [0.2, 0.25) is 0 Å². The highest BCUT2D eigenvalue weighted by molar-refractivity contribution is 8.00. The lowest BCUT2D eigenvalue weighted by molar-refractivity contribution is -0.391. The van der Waals surface area contributed by atoms with Crippen LogP contribution in [0.2, 0.25) is 0 Å². The van der Waals surface area contributed by atoms with Gasteiger partial charge in [0.05, 0.1) is 16.0 Å². The number of nitrogens with zero attached hydrogens (tertiary/aromatic N) is 5. The van der Waals surface area contributed by atoms with Crippen LogP contribution >= 0.6 is 23.5 Å². The molecule has 0 saturated carbocycles. The van der Waals surface area contributed by atoms with E-state index in [0.29, 0.717) is 0 Å². The first-order valence-electron chi connectivity index (χ1n) is 9.23. The number of rotatable bonds is 5. The topological polar surface area (TPSA) is 94.7 Å². The van der Waals surface area contributed by atoms with Crippen molar-refractivity contribution in [2.75, 3.05) is 0 Å². The molecule has 0 spiro atoms. The van der Waals surface area contributed by atoms with Crippen LogP contribution in [0.5, 0.6) is 0 Å². The third-order valence-electron chi connectivity index (χ3n) is 4.54. The van der Waals surface area contributed by atoms with E-state index in [1.807, 2.05) is 60.7 Å². The Morgan fingerprint density at radius 1 is 0.677 bits per heavy atom. The van der Waals surface area contributed by atoms with Crippen molar-refractivity contribution in [3.8, 4) is 0 Å². The summed E-state index contributed by atoms with van der Waals surface area (Å²) in [5.41, 5.74) is 1.42. The second-order valence-electron chi connectivity index (χ2n) is 6.46. The Hall–Kier alpha value is -3.56. The van der Waals surface area contributed by atoms with Gasteiger partial charge >= 0.3 is 5.69 Å². The van der Waals surface area contributed by atoms with E-state index >= 15 is 0 Å². The van der Waals surface area contributed by atoms with Crippen molar-refractivity contribution in [2.24, 2.45) is 0 Å². The third kappa shape index (κ3) is 3.80. The average molecular weight is 444 g/mol. The van der Waals surface area contributed by atoms with E-state index in [4.69, 9.17) is 0 Å². The Bertz CT molecular complexity index is 1330. The van der Waals surface area contributed by atoms with Crippen molar-refractivity contribution in [1.82, 2.24) is 19.9 Å². The van der Waals surface area contributed by atoms with E-state index < -0.39 is 4.92 Å². The van der Waals surface area contributed by atoms with Crippen LogP contribution in [-0.2, 0) is 0 Å².